The summed E-state index contributed by atoms with van der Waals surface area (Å²) in [5, 5.41) is 0.695. The van der Waals surface area contributed by atoms with Crippen molar-refractivity contribution in [3.8, 4) is 33.8 Å². The number of ether oxygens (including phenoxy) is 2. The Kier molecular flexibility index (Phi) is 11.1. The van der Waals surface area contributed by atoms with Gasteiger partial charge in [0.25, 0.3) is 0 Å². The van der Waals surface area contributed by atoms with Gasteiger partial charge in [0.05, 0.1) is 23.8 Å². The molecular weight excluding hydrogens is 610 g/mol. The monoisotopic (exact) mass is 652 g/mol. The van der Waals surface area contributed by atoms with E-state index in [-0.39, 0.29) is 0 Å². The zero-order valence-electron chi connectivity index (χ0n) is 27.2. The zero-order chi connectivity index (χ0) is 32.8. The lowest BCUT2D eigenvalue weighted by Gasteiger charge is -2.35. The molecule has 0 radical (unpaired) electrons. The van der Waals surface area contributed by atoms with Crippen molar-refractivity contribution in [2.45, 2.75) is 33.1 Å². The largest absolute Gasteiger partial charge is 0.493 e. The standard InChI is InChI=1S/C35H42O8P2/c1-9-42-29-23-21-27(33(44(36,38-5)39-6)31(29)25-17-13-11-14-18-25)35(3,4)28-22-24-30(43-10-2)32(26-19-15-12-16-20-26)34(28)45(37,40-7)41-8/h11-24H,9-10H2,1-8H3. The van der Waals surface area contributed by atoms with Crippen LogP contribution in [0.4, 0.5) is 0 Å². The average molecular weight is 653 g/mol. The van der Waals surface area contributed by atoms with Gasteiger partial charge in [-0.25, -0.2) is 0 Å². The Hall–Kier alpha value is -3.22. The van der Waals surface area contributed by atoms with Gasteiger partial charge in [0, 0.05) is 45.0 Å². The molecule has 0 bridgehead atoms. The van der Waals surface area contributed by atoms with E-state index < -0.39 is 20.6 Å². The molecule has 0 saturated carbocycles. The second-order valence-electron chi connectivity index (χ2n) is 10.6. The summed E-state index contributed by atoms with van der Waals surface area (Å²) in [7, 11) is -2.42. The van der Waals surface area contributed by atoms with Crippen LogP contribution in [0.1, 0.15) is 38.8 Å². The van der Waals surface area contributed by atoms with Crippen molar-refractivity contribution in [3.63, 3.8) is 0 Å². The number of hydrogen-bond donors (Lipinski definition) is 0. The summed E-state index contributed by atoms with van der Waals surface area (Å²) in [5.74, 6) is 1.06. The highest BCUT2D eigenvalue weighted by Gasteiger charge is 2.43. The Morgan fingerprint density at radius 2 is 0.867 bits per heavy atom. The summed E-state index contributed by atoms with van der Waals surface area (Å²) < 4.78 is 64.1. The van der Waals surface area contributed by atoms with Crippen molar-refractivity contribution < 1.29 is 36.7 Å². The lowest BCUT2D eigenvalue weighted by Crippen LogP contribution is -2.34. The van der Waals surface area contributed by atoms with Gasteiger partial charge in [-0.1, -0.05) is 86.6 Å². The summed E-state index contributed by atoms with van der Waals surface area (Å²) in [6.45, 7) is 8.51. The minimum absolute atomic E-state index is 0.348. The topological polar surface area (TPSA) is 89.5 Å². The van der Waals surface area contributed by atoms with Crippen molar-refractivity contribution >= 4 is 25.8 Å². The van der Waals surface area contributed by atoms with Crippen LogP contribution in [0.15, 0.2) is 84.9 Å². The molecule has 0 saturated heterocycles. The molecule has 4 rings (SSSR count). The molecule has 8 nitrogen and oxygen atoms in total. The van der Waals surface area contributed by atoms with Gasteiger partial charge in [-0.05, 0) is 48.2 Å². The predicted molar refractivity (Wildman–Crippen MR) is 181 cm³/mol. The highest BCUT2D eigenvalue weighted by atomic mass is 31.2. The highest BCUT2D eigenvalue weighted by molar-refractivity contribution is 7.63. The molecule has 0 spiro atoms. The van der Waals surface area contributed by atoms with Crippen LogP contribution >= 0.6 is 15.2 Å². The van der Waals surface area contributed by atoms with Gasteiger partial charge in [-0.15, -0.1) is 0 Å². The second-order valence-corrected chi connectivity index (χ2v) is 15.0. The van der Waals surface area contributed by atoms with Gasteiger partial charge in [0.2, 0.25) is 0 Å². The Balaban J connectivity index is 2.22. The maximum atomic E-state index is 14.6. The van der Waals surface area contributed by atoms with Crippen LogP contribution in [0.3, 0.4) is 0 Å². The van der Waals surface area contributed by atoms with Crippen molar-refractivity contribution in [2.24, 2.45) is 0 Å². The summed E-state index contributed by atoms with van der Waals surface area (Å²) >= 11 is 0. The SMILES string of the molecule is CCOc1ccc(C(C)(C)c2ccc(OCC)c(-c3ccccc3)c2P(=O)(OC)OC)c(P(=O)(OC)OC)c1-c1ccccc1. The van der Waals surface area contributed by atoms with Gasteiger partial charge in [0.15, 0.2) is 0 Å². The lowest BCUT2D eigenvalue weighted by atomic mass is 9.76. The van der Waals surface area contributed by atoms with E-state index in [1.54, 1.807) is 0 Å². The summed E-state index contributed by atoms with van der Waals surface area (Å²) in [4.78, 5) is 0. The second kappa shape index (κ2) is 14.5. The first-order chi connectivity index (χ1) is 21.6. The van der Waals surface area contributed by atoms with E-state index in [9.17, 15) is 9.13 Å². The van der Waals surface area contributed by atoms with E-state index in [1.165, 1.54) is 28.4 Å². The molecule has 0 atom stereocenters. The van der Waals surface area contributed by atoms with Gasteiger partial charge in [0.1, 0.15) is 11.5 Å². The number of benzene rings is 4. The summed E-state index contributed by atoms with van der Waals surface area (Å²) in [6.07, 6.45) is 0. The Morgan fingerprint density at radius 3 is 1.16 bits per heavy atom. The smallest absolute Gasteiger partial charge is 0.361 e. The summed E-state index contributed by atoms with van der Waals surface area (Å²) in [6, 6.07) is 26.6. The molecule has 0 heterocycles. The molecule has 0 N–H and O–H groups in total. The van der Waals surface area contributed by atoms with Crippen LogP contribution in [0.25, 0.3) is 22.3 Å². The van der Waals surface area contributed by atoms with E-state index in [2.05, 4.69) is 0 Å². The van der Waals surface area contributed by atoms with Crippen molar-refractivity contribution in [1.29, 1.82) is 0 Å². The van der Waals surface area contributed by atoms with E-state index in [0.717, 1.165) is 11.1 Å². The molecule has 10 heteroatoms. The quantitative estimate of drug-likeness (QED) is 0.126. The van der Waals surface area contributed by atoms with Crippen LogP contribution in [0.2, 0.25) is 0 Å². The van der Waals surface area contributed by atoms with Crippen molar-refractivity contribution in [2.75, 3.05) is 41.7 Å². The molecule has 0 fully saturated rings. The van der Waals surface area contributed by atoms with E-state index >= 15 is 0 Å². The Labute approximate surface area is 266 Å². The normalized spacial score (nSPS) is 12.3. The van der Waals surface area contributed by atoms with Gasteiger partial charge < -0.3 is 27.6 Å². The molecule has 45 heavy (non-hydrogen) atoms. The Bertz CT molecular complexity index is 1560. The number of hydrogen-bond acceptors (Lipinski definition) is 8. The molecule has 0 unspecified atom stereocenters. The van der Waals surface area contributed by atoms with Gasteiger partial charge in [-0.2, -0.15) is 0 Å². The molecule has 0 amide bonds. The first-order valence-electron chi connectivity index (χ1n) is 14.7. The molecule has 0 aliphatic carbocycles. The van der Waals surface area contributed by atoms with Gasteiger partial charge in [-0.3, -0.25) is 9.13 Å². The van der Waals surface area contributed by atoms with Crippen LogP contribution in [0.5, 0.6) is 11.5 Å². The molecule has 4 aromatic carbocycles. The minimum atomic E-state index is -3.94. The molecule has 0 aromatic heterocycles. The fourth-order valence-corrected chi connectivity index (χ4v) is 9.05. The predicted octanol–water partition coefficient (Wildman–Crippen LogP) is 8.37. The fourth-order valence-electron chi connectivity index (χ4n) is 5.70. The van der Waals surface area contributed by atoms with Crippen molar-refractivity contribution in [1.82, 2.24) is 0 Å². The maximum Gasteiger partial charge on any atom is 0.361 e. The highest BCUT2D eigenvalue weighted by Crippen LogP contribution is 2.56. The lowest BCUT2D eigenvalue weighted by molar-refractivity contribution is 0.286. The first kappa shape index (κ1) is 34.6. The van der Waals surface area contributed by atoms with Gasteiger partial charge >= 0.3 is 15.2 Å². The average Bonchev–Trinajstić information content (AvgIpc) is 3.08. The van der Waals surface area contributed by atoms with Crippen molar-refractivity contribution in [3.05, 3.63) is 96.1 Å². The fraction of sp³-hybridized carbons (Fsp3) is 0.314. The van der Waals surface area contributed by atoms with E-state index in [4.69, 9.17) is 27.6 Å². The van der Waals surface area contributed by atoms with Crippen LogP contribution in [-0.4, -0.2) is 41.7 Å². The van der Waals surface area contributed by atoms with E-state index in [1.807, 2.05) is 113 Å². The number of rotatable bonds is 14. The maximum absolute atomic E-state index is 14.6. The van der Waals surface area contributed by atoms with E-state index in [0.29, 0.717) is 57.6 Å². The third kappa shape index (κ3) is 6.55. The zero-order valence-corrected chi connectivity index (χ0v) is 28.9. The minimum Gasteiger partial charge on any atom is -0.493 e. The molecule has 0 aliphatic heterocycles. The molecule has 4 aromatic rings. The van der Waals surface area contributed by atoms with Crippen LogP contribution in [0, 0.1) is 0 Å². The molecule has 240 valence electrons. The Morgan fingerprint density at radius 1 is 0.533 bits per heavy atom. The third-order valence-electron chi connectivity index (χ3n) is 7.86. The molecular formula is C35H42O8P2. The van der Waals surface area contributed by atoms with Crippen LogP contribution in [-0.2, 0) is 32.6 Å². The van der Waals surface area contributed by atoms with Crippen LogP contribution < -0.4 is 20.1 Å². The third-order valence-corrected chi connectivity index (χ3v) is 11.8. The summed E-state index contributed by atoms with van der Waals surface area (Å²) in [5.41, 5.74) is 3.01. The molecule has 0 aliphatic rings. The first-order valence-corrected chi connectivity index (χ1v) is 17.8.